The second-order valence-corrected chi connectivity index (χ2v) is 15.6. The van der Waals surface area contributed by atoms with Gasteiger partial charge in [-0.2, -0.15) is 0 Å². The number of benzene rings is 4. The number of hydrogen-bond acceptors (Lipinski definition) is 9. The van der Waals surface area contributed by atoms with Gasteiger partial charge in [-0.05, 0) is 96.1 Å². The SMILES string of the molecule is Cc1nc(C(=O)N2Cc3cc4c(cc3C[C@H]2C(=O)NC(Cc2ccc(-c3ccnc(C)c3C)cc2)C(=O)O)OC[C@H](c2ccc(OCc3cccc(Cl)c3F)cc2)O4)c(C)o1. The summed E-state index contributed by atoms with van der Waals surface area (Å²) in [4.78, 5) is 51.1. The summed E-state index contributed by atoms with van der Waals surface area (Å²) in [7, 11) is 0. The van der Waals surface area contributed by atoms with Crippen LogP contribution >= 0.6 is 11.6 Å². The number of nitrogens with one attached hydrogen (secondary N) is 1. The fourth-order valence-electron chi connectivity index (χ4n) is 7.70. The highest BCUT2D eigenvalue weighted by molar-refractivity contribution is 6.30. The van der Waals surface area contributed by atoms with Gasteiger partial charge in [0.05, 0.1) is 5.02 Å². The number of amides is 2. The van der Waals surface area contributed by atoms with Crippen molar-refractivity contribution < 1.29 is 42.5 Å². The van der Waals surface area contributed by atoms with Crippen molar-refractivity contribution in [1.82, 2.24) is 20.2 Å². The van der Waals surface area contributed by atoms with Crippen molar-refractivity contribution in [3.8, 4) is 28.4 Å². The summed E-state index contributed by atoms with van der Waals surface area (Å²) in [5, 5.41) is 13.0. The number of rotatable bonds is 11. The van der Waals surface area contributed by atoms with Crippen LogP contribution in [-0.2, 0) is 35.6 Å². The van der Waals surface area contributed by atoms with E-state index < -0.39 is 41.8 Å². The lowest BCUT2D eigenvalue weighted by Crippen LogP contribution is -2.56. The fraction of sp³-hybridized carbons (Fsp3) is 0.255. The second kappa shape index (κ2) is 17.1. The molecule has 1 unspecified atom stereocenters. The van der Waals surface area contributed by atoms with Crippen molar-refractivity contribution in [3.63, 3.8) is 0 Å². The summed E-state index contributed by atoms with van der Waals surface area (Å²) in [6.45, 7) is 7.42. The monoisotopic (exact) mass is 844 g/mol. The molecule has 8 rings (SSSR count). The molecular formula is C47H42ClFN4O8. The molecule has 0 fully saturated rings. The third-order valence-electron chi connectivity index (χ3n) is 11.2. The Morgan fingerprint density at radius 2 is 1.74 bits per heavy atom. The third kappa shape index (κ3) is 8.64. The number of fused-ring (bicyclic) bond motifs is 2. The van der Waals surface area contributed by atoms with E-state index in [-0.39, 0.29) is 43.3 Å². The van der Waals surface area contributed by atoms with E-state index in [0.29, 0.717) is 40.0 Å². The Kier molecular flexibility index (Phi) is 11.5. The van der Waals surface area contributed by atoms with Crippen molar-refractivity contribution in [3.05, 3.63) is 158 Å². The average molecular weight is 845 g/mol. The van der Waals surface area contributed by atoms with Gasteiger partial charge in [-0.3, -0.25) is 14.6 Å². The van der Waals surface area contributed by atoms with Crippen LogP contribution in [0, 0.1) is 33.5 Å². The largest absolute Gasteiger partial charge is 0.489 e. The first kappa shape index (κ1) is 41.0. The van der Waals surface area contributed by atoms with E-state index in [1.54, 1.807) is 44.3 Å². The minimum absolute atomic E-state index is 0.00522. The number of carboxylic acids is 1. The molecule has 2 aromatic heterocycles. The number of oxazole rings is 1. The second-order valence-electron chi connectivity index (χ2n) is 15.2. The zero-order valence-electron chi connectivity index (χ0n) is 33.8. The number of aryl methyl sites for hydroxylation is 3. The predicted molar refractivity (Wildman–Crippen MR) is 223 cm³/mol. The number of ether oxygens (including phenoxy) is 3. The van der Waals surface area contributed by atoms with Crippen LogP contribution < -0.4 is 19.5 Å². The number of carboxylic acid groups (broad SMARTS) is 1. The normalized spacial score (nSPS) is 16.1. The molecule has 0 saturated heterocycles. The number of hydrogen-bond donors (Lipinski definition) is 2. The van der Waals surface area contributed by atoms with Gasteiger partial charge in [0.2, 0.25) is 5.91 Å². The number of carbonyl (C=O) groups excluding carboxylic acids is 2. The Bertz CT molecular complexity index is 2650. The number of halogens is 2. The number of aromatic nitrogens is 2. The summed E-state index contributed by atoms with van der Waals surface area (Å²) in [6, 6.07) is 22.7. The van der Waals surface area contributed by atoms with Crippen LogP contribution in [0.3, 0.4) is 0 Å². The molecule has 0 radical (unpaired) electrons. The highest BCUT2D eigenvalue weighted by Gasteiger charge is 2.39. The molecule has 0 aliphatic carbocycles. The molecule has 3 atom stereocenters. The molecule has 61 heavy (non-hydrogen) atoms. The van der Waals surface area contributed by atoms with E-state index in [1.165, 1.54) is 11.0 Å². The van der Waals surface area contributed by atoms with Gasteiger partial charge in [-0.1, -0.05) is 60.1 Å². The molecule has 2 amide bonds. The summed E-state index contributed by atoms with van der Waals surface area (Å²) < 4.78 is 38.3. The molecule has 4 heterocycles. The maximum Gasteiger partial charge on any atom is 0.326 e. The zero-order chi connectivity index (χ0) is 42.9. The van der Waals surface area contributed by atoms with E-state index in [0.717, 1.165) is 39.1 Å². The molecule has 2 aliphatic rings. The van der Waals surface area contributed by atoms with Gasteiger partial charge in [-0.15, -0.1) is 0 Å². The van der Waals surface area contributed by atoms with Crippen molar-refractivity contribution in [2.45, 2.75) is 71.9 Å². The third-order valence-corrected chi connectivity index (χ3v) is 11.5. The van der Waals surface area contributed by atoms with Gasteiger partial charge >= 0.3 is 5.97 Å². The molecule has 6 aromatic rings. The number of carbonyl (C=O) groups is 3. The van der Waals surface area contributed by atoms with E-state index in [9.17, 15) is 23.9 Å². The van der Waals surface area contributed by atoms with Crippen LogP contribution in [-0.4, -0.2) is 56.4 Å². The number of pyridine rings is 1. The molecule has 312 valence electrons. The van der Waals surface area contributed by atoms with E-state index in [1.807, 2.05) is 68.4 Å². The summed E-state index contributed by atoms with van der Waals surface area (Å²) in [5.41, 5.74) is 7.39. The summed E-state index contributed by atoms with van der Waals surface area (Å²) >= 11 is 5.91. The Balaban J connectivity index is 0.996. The first-order valence-electron chi connectivity index (χ1n) is 19.7. The molecule has 0 spiro atoms. The van der Waals surface area contributed by atoms with Gasteiger partial charge in [0.1, 0.15) is 42.6 Å². The molecule has 2 aliphatic heterocycles. The maximum atomic E-state index is 14.3. The summed E-state index contributed by atoms with van der Waals surface area (Å²) in [5.74, 6) is -0.811. The van der Waals surface area contributed by atoms with E-state index in [4.69, 9.17) is 30.2 Å². The summed E-state index contributed by atoms with van der Waals surface area (Å²) in [6.07, 6.45) is 1.38. The minimum Gasteiger partial charge on any atom is -0.489 e. The van der Waals surface area contributed by atoms with Gasteiger partial charge in [-0.25, -0.2) is 14.2 Å². The Morgan fingerprint density at radius 1 is 0.984 bits per heavy atom. The lowest BCUT2D eigenvalue weighted by molar-refractivity contribution is -0.142. The number of nitrogens with zero attached hydrogens (tertiary/aromatic N) is 3. The maximum absolute atomic E-state index is 14.3. The molecule has 0 saturated carbocycles. The van der Waals surface area contributed by atoms with Crippen LogP contribution in [0.1, 0.15) is 67.3 Å². The average Bonchev–Trinajstić information content (AvgIpc) is 3.60. The molecule has 4 aromatic carbocycles. The highest BCUT2D eigenvalue weighted by Crippen LogP contribution is 2.41. The van der Waals surface area contributed by atoms with E-state index >= 15 is 0 Å². The number of aliphatic carboxylic acids is 1. The molecular weight excluding hydrogens is 803 g/mol. The molecule has 0 bridgehead atoms. The fourth-order valence-corrected chi connectivity index (χ4v) is 7.90. The van der Waals surface area contributed by atoms with Gasteiger partial charge in [0.15, 0.2) is 29.2 Å². The van der Waals surface area contributed by atoms with Crippen molar-refractivity contribution in [2.24, 2.45) is 0 Å². The van der Waals surface area contributed by atoms with Crippen molar-refractivity contribution >= 4 is 29.4 Å². The minimum atomic E-state index is -1.28. The Hall–Kier alpha value is -6.73. The topological polar surface area (TPSA) is 153 Å². The van der Waals surface area contributed by atoms with Crippen molar-refractivity contribution in [2.75, 3.05) is 6.61 Å². The van der Waals surface area contributed by atoms with Crippen molar-refractivity contribution in [1.29, 1.82) is 0 Å². The molecule has 2 N–H and O–H groups in total. The highest BCUT2D eigenvalue weighted by atomic mass is 35.5. The molecule has 14 heteroatoms. The Morgan fingerprint density at radius 3 is 2.46 bits per heavy atom. The first-order valence-corrected chi connectivity index (χ1v) is 20.1. The van der Waals surface area contributed by atoms with Crippen LogP contribution in [0.2, 0.25) is 5.02 Å². The van der Waals surface area contributed by atoms with Crippen LogP contribution in [0.5, 0.6) is 17.2 Å². The zero-order valence-corrected chi connectivity index (χ0v) is 34.6. The first-order chi connectivity index (χ1) is 29.3. The lowest BCUT2D eigenvalue weighted by atomic mass is 9.91. The van der Waals surface area contributed by atoms with Gasteiger partial charge < -0.3 is 34.0 Å². The van der Waals surface area contributed by atoms with Crippen LogP contribution in [0.15, 0.2) is 95.5 Å². The molecule has 12 nitrogen and oxygen atoms in total. The standard InChI is InChI=1S/C47H42ClFN4O8/c1-25-26(2)50-17-16-36(25)30-10-8-29(9-11-30)18-38(47(56)57)52-45(54)39-19-33-20-40-41(21-34(33)22-53(39)46(55)44-27(3)60-28(4)51-44)61-42(24-59-40)31-12-14-35(15-13-31)58-23-32-6-5-7-37(48)43(32)49/h5-17,20-21,38-39,42H,18-19,22-24H2,1-4H3,(H,52,54)(H,56,57)/t38?,39-,42+/m0/s1. The van der Waals surface area contributed by atoms with Gasteiger partial charge in [0, 0.05) is 43.8 Å². The lowest BCUT2D eigenvalue weighted by Gasteiger charge is -2.37. The van der Waals surface area contributed by atoms with Crippen LogP contribution in [0.4, 0.5) is 4.39 Å². The smallest absolute Gasteiger partial charge is 0.326 e. The van der Waals surface area contributed by atoms with Crippen LogP contribution in [0.25, 0.3) is 11.1 Å². The Labute approximate surface area is 356 Å². The quantitative estimate of drug-likeness (QED) is 0.130. The predicted octanol–water partition coefficient (Wildman–Crippen LogP) is 8.23. The van der Waals surface area contributed by atoms with E-state index in [2.05, 4.69) is 15.3 Å². The van der Waals surface area contributed by atoms with Gasteiger partial charge in [0.25, 0.3) is 5.91 Å².